The van der Waals surface area contributed by atoms with Gasteiger partial charge in [-0.15, -0.1) is 0 Å². The monoisotopic (exact) mass is 303 g/mol. The molecule has 0 aliphatic rings. The van der Waals surface area contributed by atoms with Gasteiger partial charge in [0.05, 0.1) is 25.1 Å². The Labute approximate surface area is 130 Å². The lowest BCUT2D eigenvalue weighted by Gasteiger charge is -2.22. The smallest absolute Gasteiger partial charge is 0.319 e. The van der Waals surface area contributed by atoms with Crippen molar-refractivity contribution in [1.29, 1.82) is 0 Å². The lowest BCUT2D eigenvalue weighted by molar-refractivity contribution is 0.233. The average Bonchev–Trinajstić information content (AvgIpc) is 3.01. The van der Waals surface area contributed by atoms with Crippen LogP contribution in [0.15, 0.2) is 47.1 Å². The van der Waals surface area contributed by atoms with Crippen molar-refractivity contribution < 1.29 is 13.9 Å². The predicted octanol–water partition coefficient (Wildman–Crippen LogP) is 2.71. The molecular weight excluding hydrogens is 282 g/mol. The second-order valence-electron chi connectivity index (χ2n) is 5.03. The molecule has 0 saturated heterocycles. The number of para-hydroxylation sites is 2. The quantitative estimate of drug-likeness (QED) is 0.861. The molecule has 2 N–H and O–H groups in total. The summed E-state index contributed by atoms with van der Waals surface area (Å²) in [6, 6.07) is 10.7. The minimum absolute atomic E-state index is 0.0292. The number of rotatable bonds is 6. The summed E-state index contributed by atoms with van der Waals surface area (Å²) in [7, 11) is 5.44. The Balaban J connectivity index is 1.94. The van der Waals surface area contributed by atoms with Gasteiger partial charge in [0, 0.05) is 6.54 Å². The third kappa shape index (κ3) is 4.02. The van der Waals surface area contributed by atoms with Crippen molar-refractivity contribution in [3.63, 3.8) is 0 Å². The fourth-order valence-electron chi connectivity index (χ4n) is 2.12. The molecule has 2 rings (SSSR count). The van der Waals surface area contributed by atoms with E-state index in [4.69, 9.17) is 9.15 Å². The molecule has 6 heteroatoms. The number of likely N-dealkylation sites (N-methyl/N-ethyl adjacent to an activating group) is 1. The Kier molecular flexibility index (Phi) is 5.43. The zero-order chi connectivity index (χ0) is 15.9. The van der Waals surface area contributed by atoms with Gasteiger partial charge in [0.2, 0.25) is 0 Å². The molecule has 2 aromatic rings. The van der Waals surface area contributed by atoms with Gasteiger partial charge in [-0.1, -0.05) is 12.1 Å². The van der Waals surface area contributed by atoms with Gasteiger partial charge in [0.25, 0.3) is 0 Å². The second kappa shape index (κ2) is 7.51. The van der Waals surface area contributed by atoms with Crippen LogP contribution >= 0.6 is 0 Å². The van der Waals surface area contributed by atoms with Gasteiger partial charge in [-0.3, -0.25) is 4.90 Å². The van der Waals surface area contributed by atoms with Crippen LogP contribution in [0.5, 0.6) is 5.75 Å². The predicted molar refractivity (Wildman–Crippen MR) is 85.2 cm³/mol. The number of urea groups is 1. The van der Waals surface area contributed by atoms with Crippen LogP contribution in [0, 0.1) is 0 Å². The maximum Gasteiger partial charge on any atom is 0.319 e. The normalized spacial score (nSPS) is 12.0. The molecule has 0 unspecified atom stereocenters. The maximum absolute atomic E-state index is 12.1. The van der Waals surface area contributed by atoms with Crippen LogP contribution in [0.3, 0.4) is 0 Å². The molecule has 1 heterocycles. The van der Waals surface area contributed by atoms with E-state index in [1.807, 2.05) is 43.3 Å². The van der Waals surface area contributed by atoms with E-state index >= 15 is 0 Å². The molecule has 118 valence electrons. The maximum atomic E-state index is 12.1. The minimum atomic E-state index is -0.289. The topological polar surface area (TPSA) is 66.7 Å². The fourth-order valence-corrected chi connectivity index (χ4v) is 2.12. The number of methoxy groups -OCH3 is 1. The average molecular weight is 303 g/mol. The fraction of sp³-hybridized carbons (Fsp3) is 0.312. The van der Waals surface area contributed by atoms with Gasteiger partial charge in [-0.25, -0.2) is 4.79 Å². The Morgan fingerprint density at radius 3 is 2.68 bits per heavy atom. The highest BCUT2D eigenvalue weighted by molar-refractivity contribution is 5.90. The molecule has 1 atom stereocenters. The first-order valence-corrected chi connectivity index (χ1v) is 6.99. The summed E-state index contributed by atoms with van der Waals surface area (Å²) >= 11 is 0. The summed E-state index contributed by atoms with van der Waals surface area (Å²) < 4.78 is 10.6. The first-order chi connectivity index (χ1) is 10.6. The van der Waals surface area contributed by atoms with Crippen LogP contribution in [-0.2, 0) is 0 Å². The lowest BCUT2D eigenvalue weighted by atomic mass is 10.2. The van der Waals surface area contributed by atoms with E-state index < -0.39 is 0 Å². The molecule has 0 spiro atoms. The number of amides is 2. The van der Waals surface area contributed by atoms with Crippen molar-refractivity contribution in [2.45, 2.75) is 6.04 Å². The molecule has 2 amide bonds. The Morgan fingerprint density at radius 1 is 1.27 bits per heavy atom. The number of nitrogens with one attached hydrogen (secondary N) is 2. The SMILES string of the molecule is COc1ccccc1NC(=O)NC[C@H](c1ccco1)N(C)C. The number of benzene rings is 1. The Hall–Kier alpha value is -2.47. The van der Waals surface area contributed by atoms with Crippen LogP contribution in [0.2, 0.25) is 0 Å². The van der Waals surface area contributed by atoms with Gasteiger partial charge < -0.3 is 19.8 Å². The van der Waals surface area contributed by atoms with Gasteiger partial charge >= 0.3 is 6.03 Å². The van der Waals surface area contributed by atoms with Crippen molar-refractivity contribution >= 4 is 11.7 Å². The molecule has 6 nitrogen and oxygen atoms in total. The second-order valence-corrected chi connectivity index (χ2v) is 5.03. The van der Waals surface area contributed by atoms with E-state index in [0.29, 0.717) is 18.0 Å². The van der Waals surface area contributed by atoms with E-state index in [1.165, 1.54) is 0 Å². The largest absolute Gasteiger partial charge is 0.495 e. The zero-order valence-electron chi connectivity index (χ0n) is 13.0. The summed E-state index contributed by atoms with van der Waals surface area (Å²) in [5.41, 5.74) is 0.627. The molecule has 22 heavy (non-hydrogen) atoms. The minimum Gasteiger partial charge on any atom is -0.495 e. The lowest BCUT2D eigenvalue weighted by Crippen LogP contribution is -2.36. The van der Waals surface area contributed by atoms with Crippen molar-refractivity contribution in [1.82, 2.24) is 10.2 Å². The zero-order valence-corrected chi connectivity index (χ0v) is 13.0. The third-order valence-electron chi connectivity index (χ3n) is 3.31. The van der Waals surface area contributed by atoms with Crippen molar-refractivity contribution in [2.24, 2.45) is 0 Å². The summed E-state index contributed by atoms with van der Waals surface area (Å²) in [6.45, 7) is 0.432. The van der Waals surface area contributed by atoms with E-state index in [2.05, 4.69) is 10.6 Å². The number of ether oxygens (including phenoxy) is 1. The molecule has 0 radical (unpaired) electrons. The number of carbonyl (C=O) groups excluding carboxylic acids is 1. The first kappa shape index (κ1) is 15.9. The number of hydrogen-bond donors (Lipinski definition) is 2. The van der Waals surface area contributed by atoms with Gasteiger partial charge in [0.15, 0.2) is 0 Å². The number of furan rings is 1. The van der Waals surface area contributed by atoms with Gasteiger partial charge in [-0.2, -0.15) is 0 Å². The molecule has 0 bridgehead atoms. The molecule has 0 aliphatic carbocycles. The number of carbonyl (C=O) groups is 1. The summed E-state index contributed by atoms with van der Waals surface area (Å²) in [5, 5.41) is 5.62. The van der Waals surface area contributed by atoms with Gasteiger partial charge in [-0.05, 0) is 38.4 Å². The van der Waals surface area contributed by atoms with Crippen molar-refractivity contribution in [3.8, 4) is 5.75 Å². The van der Waals surface area contributed by atoms with E-state index in [1.54, 1.807) is 25.5 Å². The van der Waals surface area contributed by atoms with E-state index in [0.717, 1.165) is 5.76 Å². The summed E-state index contributed by atoms with van der Waals surface area (Å²) in [5.74, 6) is 1.43. The Bertz CT molecular complexity index is 596. The summed E-state index contributed by atoms with van der Waals surface area (Å²) in [6.07, 6.45) is 1.63. The van der Waals surface area contributed by atoms with Crippen LogP contribution in [0.4, 0.5) is 10.5 Å². The van der Waals surface area contributed by atoms with E-state index in [9.17, 15) is 4.79 Å². The highest BCUT2D eigenvalue weighted by atomic mass is 16.5. The summed E-state index contributed by atoms with van der Waals surface area (Å²) in [4.78, 5) is 14.0. The standard InChI is InChI=1S/C16H21N3O3/c1-19(2)13(15-9-6-10-22-15)11-17-16(20)18-12-7-4-5-8-14(12)21-3/h4-10,13H,11H2,1-3H3,(H2,17,18,20)/t13-/m1/s1. The molecule has 0 fully saturated rings. The third-order valence-corrected chi connectivity index (χ3v) is 3.31. The molecular formula is C16H21N3O3. The van der Waals surface area contributed by atoms with Crippen molar-refractivity contribution in [3.05, 3.63) is 48.4 Å². The first-order valence-electron chi connectivity index (χ1n) is 6.99. The number of anilines is 1. The van der Waals surface area contributed by atoms with Crippen molar-refractivity contribution in [2.75, 3.05) is 33.1 Å². The molecule has 0 saturated carbocycles. The van der Waals surface area contributed by atoms with Crippen LogP contribution in [0.1, 0.15) is 11.8 Å². The van der Waals surface area contributed by atoms with Crippen LogP contribution < -0.4 is 15.4 Å². The van der Waals surface area contributed by atoms with Crippen LogP contribution in [0.25, 0.3) is 0 Å². The van der Waals surface area contributed by atoms with E-state index in [-0.39, 0.29) is 12.1 Å². The Morgan fingerprint density at radius 2 is 2.05 bits per heavy atom. The van der Waals surface area contributed by atoms with Gasteiger partial charge in [0.1, 0.15) is 11.5 Å². The highest BCUT2D eigenvalue weighted by Gasteiger charge is 2.18. The number of nitrogens with zero attached hydrogens (tertiary/aromatic N) is 1. The van der Waals surface area contributed by atoms with Crippen LogP contribution in [-0.4, -0.2) is 38.7 Å². The molecule has 1 aromatic carbocycles. The number of hydrogen-bond acceptors (Lipinski definition) is 4. The highest BCUT2D eigenvalue weighted by Crippen LogP contribution is 2.23. The molecule has 0 aliphatic heterocycles. The molecule has 1 aromatic heterocycles.